The quantitative estimate of drug-likeness (QED) is 0.436. The van der Waals surface area contributed by atoms with E-state index in [-0.39, 0.29) is 17.2 Å². The summed E-state index contributed by atoms with van der Waals surface area (Å²) in [5.74, 6) is 1.45. The van der Waals surface area contributed by atoms with Crippen LogP contribution in [0.4, 0.5) is 0 Å². The number of carbonyl (C=O) groups excluding carboxylic acids is 1. The van der Waals surface area contributed by atoms with E-state index >= 15 is 0 Å². The Morgan fingerprint density at radius 3 is 2.60 bits per heavy atom. The number of piperidine rings is 1. The van der Waals surface area contributed by atoms with E-state index in [1.54, 1.807) is 4.57 Å². The molecule has 0 N–H and O–H groups in total. The second-order valence-electron chi connectivity index (χ2n) is 8.47. The van der Waals surface area contributed by atoms with Crippen LogP contribution in [0.25, 0.3) is 15.9 Å². The molecule has 2 aromatic heterocycles. The van der Waals surface area contributed by atoms with Crippen molar-refractivity contribution in [2.75, 3.05) is 18.8 Å². The Labute approximate surface area is 185 Å². The second kappa shape index (κ2) is 8.55. The monoisotopic (exact) mass is 441 g/mol. The number of carbonyl (C=O) groups is 1. The number of thioether (sulfide) groups is 1. The molecule has 0 unspecified atom stereocenters. The molecule has 0 spiro atoms. The van der Waals surface area contributed by atoms with Gasteiger partial charge in [-0.25, -0.2) is 4.98 Å². The minimum atomic E-state index is -0.0755. The molecule has 4 rings (SSSR count). The topological polar surface area (TPSA) is 55.2 Å². The minimum Gasteiger partial charge on any atom is -0.341 e. The largest absolute Gasteiger partial charge is 0.341 e. The molecule has 0 bridgehead atoms. The van der Waals surface area contributed by atoms with Crippen LogP contribution < -0.4 is 5.56 Å². The Hall–Kier alpha value is -2.12. The predicted molar refractivity (Wildman–Crippen MR) is 125 cm³/mol. The number of aryl methyl sites for hydroxylation is 2. The number of fused-ring (bicyclic) bond motifs is 1. The smallest absolute Gasteiger partial charge is 0.276 e. The Morgan fingerprint density at radius 1 is 1.17 bits per heavy atom. The van der Waals surface area contributed by atoms with Gasteiger partial charge >= 0.3 is 0 Å². The SMILES string of the molecule is Cc1ccc(-n2c(SCC(=O)N3C[C@H](C)C[C@@H](C)C3)nc3ccsc3c2=O)cc1C. The van der Waals surface area contributed by atoms with Crippen LogP contribution in [0.5, 0.6) is 0 Å². The van der Waals surface area contributed by atoms with E-state index in [9.17, 15) is 9.59 Å². The molecule has 3 aromatic rings. The molecule has 1 aromatic carbocycles. The van der Waals surface area contributed by atoms with Crippen LogP contribution in [0.2, 0.25) is 0 Å². The van der Waals surface area contributed by atoms with Crippen molar-refractivity contribution >= 4 is 39.2 Å². The van der Waals surface area contributed by atoms with Crippen LogP contribution in [0.15, 0.2) is 39.6 Å². The Kier molecular flexibility index (Phi) is 6.02. The fourth-order valence-corrected chi connectivity index (χ4v) is 5.84. The summed E-state index contributed by atoms with van der Waals surface area (Å²) in [5.41, 5.74) is 3.71. The van der Waals surface area contributed by atoms with Gasteiger partial charge in [0, 0.05) is 13.1 Å². The average molecular weight is 442 g/mol. The summed E-state index contributed by atoms with van der Waals surface area (Å²) in [5, 5.41) is 2.46. The maximum absolute atomic E-state index is 13.3. The van der Waals surface area contributed by atoms with E-state index in [0.29, 0.717) is 27.2 Å². The number of hydrogen-bond acceptors (Lipinski definition) is 5. The van der Waals surface area contributed by atoms with Gasteiger partial charge < -0.3 is 4.90 Å². The summed E-state index contributed by atoms with van der Waals surface area (Å²) in [6.45, 7) is 10.1. The molecule has 30 heavy (non-hydrogen) atoms. The first kappa shape index (κ1) is 21.1. The highest BCUT2D eigenvalue weighted by Crippen LogP contribution is 2.26. The van der Waals surface area contributed by atoms with Crippen molar-refractivity contribution in [1.82, 2.24) is 14.5 Å². The van der Waals surface area contributed by atoms with E-state index in [0.717, 1.165) is 24.3 Å². The number of likely N-dealkylation sites (tertiary alicyclic amines) is 1. The molecule has 1 aliphatic rings. The van der Waals surface area contributed by atoms with Crippen molar-refractivity contribution < 1.29 is 4.79 Å². The summed E-state index contributed by atoms with van der Waals surface area (Å²) in [6.07, 6.45) is 1.17. The molecule has 0 aliphatic carbocycles. The molecule has 3 heterocycles. The van der Waals surface area contributed by atoms with Gasteiger partial charge in [0.05, 0.1) is 17.0 Å². The van der Waals surface area contributed by atoms with Gasteiger partial charge in [0.25, 0.3) is 5.56 Å². The average Bonchev–Trinajstić information content (AvgIpc) is 3.17. The highest BCUT2D eigenvalue weighted by molar-refractivity contribution is 7.99. The molecule has 0 radical (unpaired) electrons. The molecule has 7 heteroatoms. The summed E-state index contributed by atoms with van der Waals surface area (Å²) in [4.78, 5) is 32.9. The molecule has 5 nitrogen and oxygen atoms in total. The van der Waals surface area contributed by atoms with E-state index < -0.39 is 0 Å². The van der Waals surface area contributed by atoms with Crippen molar-refractivity contribution in [3.8, 4) is 5.69 Å². The van der Waals surface area contributed by atoms with Gasteiger partial charge in [0.2, 0.25) is 5.91 Å². The molecule has 1 fully saturated rings. The fraction of sp³-hybridized carbons (Fsp3) is 0.435. The maximum atomic E-state index is 13.3. The van der Waals surface area contributed by atoms with Gasteiger partial charge in [-0.1, -0.05) is 31.7 Å². The van der Waals surface area contributed by atoms with Gasteiger partial charge in [-0.15, -0.1) is 11.3 Å². The number of benzene rings is 1. The van der Waals surface area contributed by atoms with Crippen LogP contribution in [-0.4, -0.2) is 39.2 Å². The molecule has 2 atom stereocenters. The van der Waals surface area contributed by atoms with Crippen molar-refractivity contribution in [1.29, 1.82) is 0 Å². The summed E-state index contributed by atoms with van der Waals surface area (Å²) in [6, 6.07) is 7.85. The van der Waals surface area contributed by atoms with Crippen LogP contribution in [-0.2, 0) is 4.79 Å². The normalized spacial score (nSPS) is 19.4. The van der Waals surface area contributed by atoms with Gasteiger partial charge in [-0.3, -0.25) is 14.2 Å². The lowest BCUT2D eigenvalue weighted by atomic mass is 9.92. The molecule has 0 saturated carbocycles. The zero-order chi connectivity index (χ0) is 21.4. The number of rotatable bonds is 4. The number of nitrogens with zero attached hydrogens (tertiary/aromatic N) is 3. The van der Waals surface area contributed by atoms with Crippen molar-refractivity contribution in [3.63, 3.8) is 0 Å². The molecular weight excluding hydrogens is 414 g/mol. The summed E-state index contributed by atoms with van der Waals surface area (Å²) in [7, 11) is 0. The third-order valence-corrected chi connectivity index (χ3v) is 7.56. The number of hydrogen-bond donors (Lipinski definition) is 0. The number of aromatic nitrogens is 2. The van der Waals surface area contributed by atoms with Gasteiger partial charge in [0.1, 0.15) is 4.70 Å². The molecule has 1 amide bonds. The second-order valence-corrected chi connectivity index (χ2v) is 10.3. The lowest BCUT2D eigenvalue weighted by Crippen LogP contribution is -2.43. The van der Waals surface area contributed by atoms with Gasteiger partial charge in [-0.05, 0) is 66.8 Å². The molecule has 1 saturated heterocycles. The number of thiophene rings is 1. The zero-order valence-electron chi connectivity index (χ0n) is 17.8. The maximum Gasteiger partial charge on any atom is 0.276 e. The highest BCUT2D eigenvalue weighted by Gasteiger charge is 2.26. The van der Waals surface area contributed by atoms with Crippen LogP contribution in [0.1, 0.15) is 31.4 Å². The first-order valence-electron chi connectivity index (χ1n) is 10.3. The van der Waals surface area contributed by atoms with Crippen LogP contribution in [0.3, 0.4) is 0 Å². The van der Waals surface area contributed by atoms with E-state index in [1.807, 2.05) is 41.5 Å². The minimum absolute atomic E-state index is 0.0755. The van der Waals surface area contributed by atoms with E-state index in [4.69, 9.17) is 4.98 Å². The first-order valence-corrected chi connectivity index (χ1v) is 12.2. The Bertz CT molecular complexity index is 1140. The van der Waals surface area contributed by atoms with E-state index in [1.165, 1.54) is 35.1 Å². The number of amides is 1. The van der Waals surface area contributed by atoms with Crippen molar-refractivity contribution in [2.24, 2.45) is 11.8 Å². The lowest BCUT2D eigenvalue weighted by molar-refractivity contribution is -0.130. The standard InChI is InChI=1S/C23H27N3O2S2/c1-14-9-15(2)12-25(11-14)20(27)13-30-23-24-19-7-8-29-21(19)22(28)26(23)18-6-5-16(3)17(4)10-18/h5-8,10,14-15H,9,11-13H2,1-4H3/t14-,15-/m1/s1. The Morgan fingerprint density at radius 2 is 1.90 bits per heavy atom. The van der Waals surface area contributed by atoms with E-state index in [2.05, 4.69) is 20.8 Å². The molecular formula is C23H27N3O2S2. The molecule has 158 valence electrons. The highest BCUT2D eigenvalue weighted by atomic mass is 32.2. The third-order valence-electron chi connectivity index (χ3n) is 5.74. The molecule has 1 aliphatic heterocycles. The lowest BCUT2D eigenvalue weighted by Gasteiger charge is -2.35. The van der Waals surface area contributed by atoms with Gasteiger partial charge in [-0.2, -0.15) is 0 Å². The van der Waals surface area contributed by atoms with Crippen LogP contribution >= 0.6 is 23.1 Å². The van der Waals surface area contributed by atoms with Crippen LogP contribution in [0, 0.1) is 25.7 Å². The third kappa shape index (κ3) is 4.18. The Balaban J connectivity index is 1.67. The zero-order valence-corrected chi connectivity index (χ0v) is 19.5. The van der Waals surface area contributed by atoms with Gasteiger partial charge in [0.15, 0.2) is 5.16 Å². The predicted octanol–water partition coefficient (Wildman–Crippen LogP) is 4.66. The summed E-state index contributed by atoms with van der Waals surface area (Å²) >= 11 is 2.76. The fourth-order valence-electron chi connectivity index (χ4n) is 4.17. The van der Waals surface area contributed by atoms with Crippen molar-refractivity contribution in [2.45, 2.75) is 39.3 Å². The van der Waals surface area contributed by atoms with Crippen molar-refractivity contribution in [3.05, 3.63) is 51.1 Å². The summed E-state index contributed by atoms with van der Waals surface area (Å²) < 4.78 is 2.30. The first-order chi connectivity index (χ1) is 14.3.